The van der Waals surface area contributed by atoms with Gasteiger partial charge in [-0.25, -0.2) is 0 Å². The maximum atomic E-state index is 2.38. The van der Waals surface area contributed by atoms with Crippen LogP contribution in [0.15, 0.2) is 97.1 Å². The fourth-order valence-electron chi connectivity index (χ4n) is 3.93. The summed E-state index contributed by atoms with van der Waals surface area (Å²) in [4.78, 5) is 0. The van der Waals surface area contributed by atoms with Crippen LogP contribution in [0.25, 0.3) is 38.6 Å². The summed E-state index contributed by atoms with van der Waals surface area (Å²) < 4.78 is 2.38. The number of hydrogen-bond donors (Lipinski definition) is 0. The van der Waals surface area contributed by atoms with Crippen molar-refractivity contribution in [2.45, 2.75) is 0 Å². The highest BCUT2D eigenvalue weighted by molar-refractivity contribution is 6.41. The van der Waals surface area contributed by atoms with Crippen LogP contribution in [0.4, 0.5) is 0 Å². The van der Waals surface area contributed by atoms with E-state index >= 15 is 0 Å². The Morgan fingerprint density at radius 3 is 2.15 bits per heavy atom. The first kappa shape index (κ1) is 15.0. The Balaban J connectivity index is 1.84. The number of rotatable bonds is 2. The molecule has 122 valence electrons. The largest absolute Gasteiger partial charge is 0.309 e. The maximum absolute atomic E-state index is 2.38. The highest BCUT2D eigenvalue weighted by Crippen LogP contribution is 2.32. The van der Waals surface area contributed by atoms with E-state index < -0.39 is 0 Å². The first-order valence-corrected chi connectivity index (χ1v) is 8.97. The average Bonchev–Trinajstić information content (AvgIpc) is 3.04. The Bertz CT molecular complexity index is 1240. The third-order valence-electron chi connectivity index (χ3n) is 5.12. The molecule has 0 amide bonds. The van der Waals surface area contributed by atoms with Gasteiger partial charge in [0.1, 0.15) is 7.85 Å². The van der Waals surface area contributed by atoms with Crippen molar-refractivity contribution in [3.8, 4) is 16.8 Å². The molecule has 0 radical (unpaired) electrons. The zero-order valence-corrected chi connectivity index (χ0v) is 14.7. The van der Waals surface area contributed by atoms with Crippen LogP contribution in [0.3, 0.4) is 0 Å². The highest BCUT2D eigenvalue weighted by Gasteiger charge is 2.13. The Labute approximate surface area is 153 Å². The van der Waals surface area contributed by atoms with Crippen molar-refractivity contribution in [1.82, 2.24) is 4.57 Å². The van der Waals surface area contributed by atoms with Gasteiger partial charge in [-0.1, -0.05) is 78.3 Å². The number of aromatic nitrogens is 1. The minimum Gasteiger partial charge on any atom is -0.309 e. The van der Waals surface area contributed by atoms with Gasteiger partial charge in [0.15, 0.2) is 0 Å². The van der Waals surface area contributed by atoms with Gasteiger partial charge in [0, 0.05) is 16.5 Å². The fourth-order valence-corrected chi connectivity index (χ4v) is 3.93. The van der Waals surface area contributed by atoms with Crippen molar-refractivity contribution in [2.75, 3.05) is 0 Å². The lowest BCUT2D eigenvalue weighted by Crippen LogP contribution is -2.02. The third-order valence-corrected chi connectivity index (χ3v) is 5.12. The first-order chi connectivity index (χ1) is 12.8. The number of hydrogen-bond acceptors (Lipinski definition) is 0. The molecule has 0 spiro atoms. The number of para-hydroxylation sites is 1. The zero-order valence-electron chi connectivity index (χ0n) is 14.7. The van der Waals surface area contributed by atoms with Crippen LogP contribution >= 0.6 is 0 Å². The molecular weight excluding hydrogens is 313 g/mol. The Kier molecular flexibility index (Phi) is 3.43. The van der Waals surface area contributed by atoms with E-state index in [9.17, 15) is 0 Å². The third kappa shape index (κ3) is 2.27. The highest BCUT2D eigenvalue weighted by atomic mass is 15.0. The molecule has 5 aromatic rings. The molecular formula is C24H18BN. The molecule has 0 saturated carbocycles. The van der Waals surface area contributed by atoms with Crippen LogP contribution in [-0.4, -0.2) is 12.4 Å². The predicted molar refractivity (Wildman–Crippen MR) is 114 cm³/mol. The van der Waals surface area contributed by atoms with E-state index in [4.69, 9.17) is 0 Å². The average molecular weight is 331 g/mol. The molecule has 0 atom stereocenters. The number of nitrogens with zero attached hydrogens (tertiary/aromatic N) is 1. The van der Waals surface area contributed by atoms with Crippen LogP contribution in [0.5, 0.6) is 0 Å². The van der Waals surface area contributed by atoms with Gasteiger partial charge in [-0.15, -0.1) is 0 Å². The molecule has 0 unspecified atom stereocenters. The van der Waals surface area contributed by atoms with Crippen LogP contribution in [0.1, 0.15) is 0 Å². The summed E-state index contributed by atoms with van der Waals surface area (Å²) in [6.07, 6.45) is 0. The molecule has 4 aromatic carbocycles. The molecule has 0 N–H and O–H groups in total. The molecule has 0 aliphatic heterocycles. The SMILES string of the molecule is Bc1cccc2c1c1ccccc1n2-c1cccc(-c2ccccc2)c1. The van der Waals surface area contributed by atoms with Crippen LogP contribution < -0.4 is 5.46 Å². The summed E-state index contributed by atoms with van der Waals surface area (Å²) in [5, 5.41) is 2.65. The summed E-state index contributed by atoms with van der Waals surface area (Å²) in [5.41, 5.74) is 7.51. The maximum Gasteiger partial charge on any atom is 0.140 e. The predicted octanol–water partition coefficient (Wildman–Crippen LogP) is 4.71. The molecule has 0 bridgehead atoms. The van der Waals surface area contributed by atoms with E-state index in [0.29, 0.717) is 0 Å². The van der Waals surface area contributed by atoms with E-state index in [-0.39, 0.29) is 0 Å². The molecule has 0 fully saturated rings. The van der Waals surface area contributed by atoms with Crippen molar-refractivity contribution in [1.29, 1.82) is 0 Å². The minimum absolute atomic E-state index is 1.20. The normalized spacial score (nSPS) is 11.2. The van der Waals surface area contributed by atoms with Gasteiger partial charge in [0.25, 0.3) is 0 Å². The lowest BCUT2D eigenvalue weighted by atomic mass is 9.91. The van der Waals surface area contributed by atoms with Crippen LogP contribution in [-0.2, 0) is 0 Å². The van der Waals surface area contributed by atoms with Gasteiger partial charge in [0.2, 0.25) is 0 Å². The van der Waals surface area contributed by atoms with E-state index in [1.165, 1.54) is 44.1 Å². The topological polar surface area (TPSA) is 4.93 Å². The Morgan fingerprint density at radius 1 is 0.577 bits per heavy atom. The number of benzene rings is 4. The Hall–Kier alpha value is -3.26. The smallest absolute Gasteiger partial charge is 0.140 e. The number of fused-ring (bicyclic) bond motifs is 3. The van der Waals surface area contributed by atoms with Crippen molar-refractivity contribution < 1.29 is 0 Å². The summed E-state index contributed by atoms with van der Waals surface area (Å²) in [7, 11) is 2.19. The second-order valence-electron chi connectivity index (χ2n) is 6.74. The molecule has 0 aliphatic rings. The lowest BCUT2D eigenvalue weighted by molar-refractivity contribution is 1.18. The van der Waals surface area contributed by atoms with Gasteiger partial charge in [-0.2, -0.15) is 0 Å². The molecule has 26 heavy (non-hydrogen) atoms. The van der Waals surface area contributed by atoms with Gasteiger partial charge in [0.05, 0.1) is 11.0 Å². The molecule has 1 aromatic heterocycles. The van der Waals surface area contributed by atoms with Crippen molar-refractivity contribution >= 4 is 35.1 Å². The quantitative estimate of drug-likeness (QED) is 0.413. The van der Waals surface area contributed by atoms with Crippen molar-refractivity contribution in [3.05, 3.63) is 97.1 Å². The van der Waals surface area contributed by atoms with E-state index in [0.717, 1.165) is 0 Å². The van der Waals surface area contributed by atoms with Gasteiger partial charge < -0.3 is 4.57 Å². The second-order valence-corrected chi connectivity index (χ2v) is 6.74. The van der Waals surface area contributed by atoms with E-state index in [1.807, 2.05) is 0 Å². The summed E-state index contributed by atoms with van der Waals surface area (Å²) in [6.45, 7) is 0. The van der Waals surface area contributed by atoms with Gasteiger partial charge >= 0.3 is 0 Å². The van der Waals surface area contributed by atoms with Crippen LogP contribution in [0, 0.1) is 0 Å². The minimum atomic E-state index is 1.20. The molecule has 0 aliphatic carbocycles. The van der Waals surface area contributed by atoms with Crippen LogP contribution in [0.2, 0.25) is 0 Å². The summed E-state index contributed by atoms with van der Waals surface area (Å²) >= 11 is 0. The van der Waals surface area contributed by atoms with Gasteiger partial charge in [-0.05, 0) is 35.4 Å². The standard InChI is InChI=1S/C24H18BN/c25-21-13-7-15-23-24(21)20-12-4-5-14-22(20)26(23)19-11-6-10-18(16-19)17-8-2-1-3-9-17/h1-16H,25H2. The Morgan fingerprint density at radius 2 is 1.27 bits per heavy atom. The molecule has 1 nitrogen and oxygen atoms in total. The fraction of sp³-hybridized carbons (Fsp3) is 0. The zero-order chi connectivity index (χ0) is 17.5. The summed E-state index contributed by atoms with van der Waals surface area (Å²) in [6, 6.07) is 34.6. The molecule has 2 heteroatoms. The second kappa shape index (κ2) is 5.92. The monoisotopic (exact) mass is 331 g/mol. The van der Waals surface area contributed by atoms with Gasteiger partial charge in [-0.3, -0.25) is 0 Å². The van der Waals surface area contributed by atoms with Crippen molar-refractivity contribution in [3.63, 3.8) is 0 Å². The lowest BCUT2D eigenvalue weighted by Gasteiger charge is -2.10. The molecule has 0 saturated heterocycles. The van der Waals surface area contributed by atoms with E-state index in [2.05, 4.69) is 109 Å². The summed E-state index contributed by atoms with van der Waals surface area (Å²) in [5.74, 6) is 0. The first-order valence-electron chi connectivity index (χ1n) is 8.97. The molecule has 1 heterocycles. The van der Waals surface area contributed by atoms with E-state index in [1.54, 1.807) is 0 Å². The molecule has 5 rings (SSSR count). The van der Waals surface area contributed by atoms with Crippen molar-refractivity contribution in [2.24, 2.45) is 0 Å².